The fourth-order valence-electron chi connectivity index (χ4n) is 1.74. The Balaban J connectivity index is 2.11. The van der Waals surface area contributed by atoms with Gasteiger partial charge in [0.05, 0.1) is 5.69 Å². The second-order valence-corrected chi connectivity index (χ2v) is 6.23. The number of benzene rings is 1. The van der Waals surface area contributed by atoms with E-state index in [-0.39, 0.29) is 4.99 Å². The van der Waals surface area contributed by atoms with E-state index in [1.165, 1.54) is 5.70 Å². The van der Waals surface area contributed by atoms with Gasteiger partial charge in [0.2, 0.25) is 4.99 Å². The summed E-state index contributed by atoms with van der Waals surface area (Å²) < 4.78 is 0. The van der Waals surface area contributed by atoms with Crippen LogP contribution < -0.4 is 4.90 Å². The highest BCUT2D eigenvalue weighted by atomic mass is 32.2. The molecule has 1 aromatic rings. The summed E-state index contributed by atoms with van der Waals surface area (Å²) >= 11 is 1.68. The molecule has 102 valence electrons. The molecule has 0 saturated carbocycles. The van der Waals surface area contributed by atoms with Gasteiger partial charge in [-0.3, -0.25) is 0 Å². The van der Waals surface area contributed by atoms with Gasteiger partial charge < -0.3 is 9.80 Å². The van der Waals surface area contributed by atoms with E-state index >= 15 is 0 Å². The maximum absolute atomic E-state index is 4.48. The van der Waals surface area contributed by atoms with E-state index in [0.717, 1.165) is 11.4 Å². The minimum atomic E-state index is -0.329. The molecule has 0 amide bonds. The molecule has 0 N–H and O–H groups in total. The molecule has 1 aromatic carbocycles. The van der Waals surface area contributed by atoms with Crippen LogP contribution in [0.5, 0.6) is 0 Å². The standard InChI is InChI=1S/C14H20N4S/c1-11-10-19-14(2,18(11)5)16-15-12-6-8-13(9-7-12)17(3)4/h6-10H,1-5H3/t14-/m1/s1. The van der Waals surface area contributed by atoms with Gasteiger partial charge in [0, 0.05) is 32.5 Å². The van der Waals surface area contributed by atoms with Gasteiger partial charge in [-0.05, 0) is 43.5 Å². The highest BCUT2D eigenvalue weighted by Gasteiger charge is 2.34. The second kappa shape index (κ2) is 5.25. The predicted molar refractivity (Wildman–Crippen MR) is 82.8 cm³/mol. The summed E-state index contributed by atoms with van der Waals surface area (Å²) in [6, 6.07) is 8.07. The monoisotopic (exact) mass is 276 g/mol. The first kappa shape index (κ1) is 13.9. The van der Waals surface area contributed by atoms with Gasteiger partial charge in [0.15, 0.2) is 0 Å². The Hall–Kier alpha value is -1.49. The smallest absolute Gasteiger partial charge is 0.200 e. The first-order valence-corrected chi connectivity index (χ1v) is 7.09. The molecule has 4 nitrogen and oxygen atoms in total. The van der Waals surface area contributed by atoms with Gasteiger partial charge in [-0.15, -0.1) is 5.11 Å². The second-order valence-electron chi connectivity index (χ2n) is 4.98. The lowest BCUT2D eigenvalue weighted by Gasteiger charge is -2.28. The van der Waals surface area contributed by atoms with Gasteiger partial charge in [-0.25, -0.2) is 0 Å². The number of nitrogens with zero attached hydrogens (tertiary/aromatic N) is 4. The molecule has 1 heterocycles. The van der Waals surface area contributed by atoms with Crippen LogP contribution in [0.2, 0.25) is 0 Å². The minimum absolute atomic E-state index is 0.329. The summed E-state index contributed by atoms with van der Waals surface area (Å²) in [4.78, 5) is 3.87. The molecule has 0 bridgehead atoms. The van der Waals surface area contributed by atoms with Crippen molar-refractivity contribution in [3.8, 4) is 0 Å². The quantitative estimate of drug-likeness (QED) is 0.780. The molecule has 19 heavy (non-hydrogen) atoms. The molecule has 0 fully saturated rings. The zero-order valence-electron chi connectivity index (χ0n) is 12.1. The Morgan fingerprint density at radius 2 is 1.84 bits per heavy atom. The predicted octanol–water partition coefficient (Wildman–Crippen LogP) is 4.05. The van der Waals surface area contributed by atoms with Crippen molar-refractivity contribution in [3.63, 3.8) is 0 Å². The van der Waals surface area contributed by atoms with E-state index in [4.69, 9.17) is 0 Å². The van der Waals surface area contributed by atoms with Crippen LogP contribution in [0.3, 0.4) is 0 Å². The van der Waals surface area contributed by atoms with E-state index in [9.17, 15) is 0 Å². The highest BCUT2D eigenvalue weighted by Crippen LogP contribution is 2.40. The van der Waals surface area contributed by atoms with E-state index in [1.807, 2.05) is 45.4 Å². The fraction of sp³-hybridized carbons (Fsp3) is 0.429. The Labute approximate surface area is 119 Å². The van der Waals surface area contributed by atoms with E-state index in [1.54, 1.807) is 11.8 Å². The molecule has 0 saturated heterocycles. The fourth-order valence-corrected chi connectivity index (χ4v) is 2.68. The summed E-state index contributed by atoms with van der Waals surface area (Å²) in [5.74, 6) is 0. The summed E-state index contributed by atoms with van der Waals surface area (Å²) in [6.07, 6.45) is 0. The molecular weight excluding hydrogens is 256 g/mol. The van der Waals surface area contributed by atoms with E-state index in [2.05, 4.69) is 39.3 Å². The van der Waals surface area contributed by atoms with Gasteiger partial charge >= 0.3 is 0 Å². The van der Waals surface area contributed by atoms with Crippen molar-refractivity contribution in [3.05, 3.63) is 35.4 Å². The molecule has 1 atom stereocenters. The van der Waals surface area contributed by atoms with Crippen molar-refractivity contribution in [2.45, 2.75) is 18.8 Å². The van der Waals surface area contributed by atoms with Crippen LogP contribution in [-0.4, -0.2) is 31.0 Å². The van der Waals surface area contributed by atoms with Crippen LogP contribution >= 0.6 is 11.8 Å². The first-order valence-electron chi connectivity index (χ1n) is 6.21. The number of hydrogen-bond acceptors (Lipinski definition) is 5. The number of thioether (sulfide) groups is 1. The Morgan fingerprint density at radius 1 is 1.21 bits per heavy atom. The largest absolute Gasteiger partial charge is 0.378 e. The molecule has 0 radical (unpaired) electrons. The zero-order valence-corrected chi connectivity index (χ0v) is 12.9. The molecule has 2 rings (SSSR count). The molecule has 1 aliphatic heterocycles. The molecule has 0 aromatic heterocycles. The van der Waals surface area contributed by atoms with E-state index < -0.39 is 0 Å². The zero-order chi connectivity index (χ0) is 14.0. The number of allylic oxidation sites excluding steroid dienone is 1. The first-order chi connectivity index (χ1) is 8.92. The average molecular weight is 276 g/mol. The molecular formula is C14H20N4S. The normalized spacial score (nSPS) is 23.0. The van der Waals surface area contributed by atoms with E-state index in [0.29, 0.717) is 0 Å². The Bertz CT molecular complexity index is 507. The molecule has 0 aliphatic carbocycles. The van der Waals surface area contributed by atoms with Crippen molar-refractivity contribution < 1.29 is 0 Å². The Morgan fingerprint density at radius 3 is 2.32 bits per heavy atom. The van der Waals surface area contributed by atoms with Gasteiger partial charge in [-0.1, -0.05) is 11.8 Å². The summed E-state index contributed by atoms with van der Waals surface area (Å²) in [6.45, 7) is 4.15. The van der Waals surface area contributed by atoms with Crippen molar-refractivity contribution in [1.82, 2.24) is 4.90 Å². The average Bonchev–Trinajstić information content (AvgIpc) is 2.66. The van der Waals surface area contributed by atoms with Crippen molar-refractivity contribution in [2.75, 3.05) is 26.0 Å². The minimum Gasteiger partial charge on any atom is -0.378 e. The molecule has 0 spiro atoms. The van der Waals surface area contributed by atoms with Crippen LogP contribution in [0, 0.1) is 0 Å². The summed E-state index contributed by atoms with van der Waals surface area (Å²) in [5, 5.41) is 11.0. The van der Waals surface area contributed by atoms with Crippen LogP contribution in [0.1, 0.15) is 13.8 Å². The Kier molecular flexibility index (Phi) is 3.85. The third kappa shape index (κ3) is 2.92. The third-order valence-electron chi connectivity index (χ3n) is 3.32. The number of anilines is 1. The molecule has 0 unspecified atom stereocenters. The summed E-state index contributed by atoms with van der Waals surface area (Å²) in [7, 11) is 6.09. The topological polar surface area (TPSA) is 31.2 Å². The van der Waals surface area contributed by atoms with Crippen LogP contribution in [0.25, 0.3) is 0 Å². The SMILES string of the molecule is CC1=CS[C@](C)(N=Nc2ccc(N(C)C)cc2)N1C. The number of hydrogen-bond donors (Lipinski definition) is 0. The summed E-state index contributed by atoms with van der Waals surface area (Å²) in [5.41, 5.74) is 3.26. The van der Waals surface area contributed by atoms with Crippen LogP contribution in [0.15, 0.2) is 45.6 Å². The molecule has 5 heteroatoms. The number of rotatable bonds is 3. The third-order valence-corrected chi connectivity index (χ3v) is 4.58. The lowest BCUT2D eigenvalue weighted by molar-refractivity contribution is 0.298. The van der Waals surface area contributed by atoms with Crippen LogP contribution in [0.4, 0.5) is 11.4 Å². The molecule has 1 aliphatic rings. The van der Waals surface area contributed by atoms with Crippen molar-refractivity contribution >= 4 is 23.1 Å². The van der Waals surface area contributed by atoms with Gasteiger partial charge in [-0.2, -0.15) is 5.11 Å². The van der Waals surface area contributed by atoms with Crippen LogP contribution in [-0.2, 0) is 0 Å². The van der Waals surface area contributed by atoms with Gasteiger partial charge in [0.25, 0.3) is 0 Å². The highest BCUT2D eigenvalue weighted by molar-refractivity contribution is 8.03. The van der Waals surface area contributed by atoms with Crippen molar-refractivity contribution in [1.29, 1.82) is 0 Å². The van der Waals surface area contributed by atoms with Crippen molar-refractivity contribution in [2.24, 2.45) is 10.2 Å². The van der Waals surface area contributed by atoms with Gasteiger partial charge in [0.1, 0.15) is 0 Å². The number of azo groups is 1. The lowest BCUT2D eigenvalue weighted by Crippen LogP contribution is -2.33. The maximum Gasteiger partial charge on any atom is 0.200 e. The maximum atomic E-state index is 4.48. The lowest BCUT2D eigenvalue weighted by atomic mass is 10.3.